The van der Waals surface area contributed by atoms with Crippen molar-refractivity contribution in [2.45, 2.75) is 56.7 Å². The number of hydrogen-bond donors (Lipinski definition) is 2. The number of ether oxygens (including phenoxy) is 1. The average molecular weight is 567 g/mol. The molecule has 4 rings (SSSR count). The number of piperazine rings is 1. The Morgan fingerprint density at radius 2 is 1.68 bits per heavy atom. The van der Waals surface area contributed by atoms with Crippen LogP contribution in [0.4, 0.5) is 4.79 Å². The summed E-state index contributed by atoms with van der Waals surface area (Å²) >= 11 is 1.76. The second kappa shape index (κ2) is 15.1. The maximum Gasteiger partial charge on any atom is 0.407 e. The molecule has 0 radical (unpaired) electrons. The number of nitrogens with one attached hydrogen (secondary N) is 2. The normalized spacial score (nSPS) is 18.9. The Morgan fingerprint density at radius 3 is 2.35 bits per heavy atom. The molecule has 0 aromatic heterocycles. The number of carbonyl (C=O) groups excluding carboxylic acids is 3. The maximum absolute atomic E-state index is 13.7. The van der Waals surface area contributed by atoms with E-state index in [0.29, 0.717) is 38.8 Å². The van der Waals surface area contributed by atoms with Gasteiger partial charge in [0.15, 0.2) is 0 Å². The first-order chi connectivity index (χ1) is 19.5. The van der Waals surface area contributed by atoms with Crippen LogP contribution in [0.5, 0.6) is 0 Å². The van der Waals surface area contributed by atoms with Crippen LogP contribution >= 0.6 is 11.8 Å². The van der Waals surface area contributed by atoms with E-state index in [1.165, 1.54) is 5.56 Å². The summed E-state index contributed by atoms with van der Waals surface area (Å²) in [5.74, 6) is 0.925. The number of thioether (sulfide) groups is 1. The van der Waals surface area contributed by atoms with Crippen molar-refractivity contribution < 1.29 is 19.1 Å². The Hall–Kier alpha value is -3.04. The lowest BCUT2D eigenvalue weighted by atomic mass is 9.81. The SMILES string of the molecule is CSCCCN1C(=O)[C@H](CCCNC(=O)OCc2ccccc2)NC(=O)C12CCN(CCc1ccccc1)CC2. The summed E-state index contributed by atoms with van der Waals surface area (Å²) in [4.78, 5) is 43.6. The molecule has 2 aromatic rings. The quantitative estimate of drug-likeness (QED) is 0.358. The molecule has 0 aliphatic carbocycles. The Kier molecular flexibility index (Phi) is 11.3. The van der Waals surface area contributed by atoms with Gasteiger partial charge in [-0.05, 0) is 61.7 Å². The van der Waals surface area contributed by atoms with Crippen molar-refractivity contribution in [3.05, 3.63) is 71.8 Å². The van der Waals surface area contributed by atoms with Crippen LogP contribution in [0, 0.1) is 0 Å². The molecule has 2 aliphatic heterocycles. The number of carbonyl (C=O) groups is 3. The third kappa shape index (κ3) is 8.01. The predicted octanol–water partition coefficient (Wildman–Crippen LogP) is 3.85. The van der Waals surface area contributed by atoms with Crippen LogP contribution in [0.25, 0.3) is 0 Å². The van der Waals surface area contributed by atoms with Crippen molar-refractivity contribution in [3.8, 4) is 0 Å². The molecular weight excluding hydrogens is 524 g/mol. The maximum atomic E-state index is 13.7. The summed E-state index contributed by atoms with van der Waals surface area (Å²) in [6.45, 7) is 3.73. The molecule has 2 aromatic carbocycles. The van der Waals surface area contributed by atoms with Gasteiger partial charge >= 0.3 is 6.09 Å². The third-order valence-electron chi connectivity index (χ3n) is 7.93. The van der Waals surface area contributed by atoms with E-state index in [0.717, 1.165) is 43.8 Å². The van der Waals surface area contributed by atoms with E-state index in [2.05, 4.69) is 46.1 Å². The number of hydrogen-bond acceptors (Lipinski definition) is 6. The molecule has 3 amide bonds. The monoisotopic (exact) mass is 566 g/mol. The first-order valence-electron chi connectivity index (χ1n) is 14.3. The lowest BCUT2D eigenvalue weighted by molar-refractivity contribution is -0.161. The van der Waals surface area contributed by atoms with Gasteiger partial charge in [0.25, 0.3) is 0 Å². The molecule has 0 unspecified atom stereocenters. The van der Waals surface area contributed by atoms with Crippen molar-refractivity contribution in [1.82, 2.24) is 20.4 Å². The number of likely N-dealkylation sites (tertiary alicyclic amines) is 1. The summed E-state index contributed by atoms with van der Waals surface area (Å²) in [6, 6.07) is 19.4. The molecule has 216 valence electrons. The summed E-state index contributed by atoms with van der Waals surface area (Å²) in [7, 11) is 0. The zero-order valence-electron chi connectivity index (χ0n) is 23.5. The van der Waals surface area contributed by atoms with Gasteiger partial charge in [-0.2, -0.15) is 11.8 Å². The van der Waals surface area contributed by atoms with Crippen molar-refractivity contribution in [2.24, 2.45) is 0 Å². The Morgan fingerprint density at radius 1 is 1.00 bits per heavy atom. The fraction of sp³-hybridized carbons (Fsp3) is 0.516. The van der Waals surface area contributed by atoms with Gasteiger partial charge in [0.05, 0.1) is 0 Å². The Balaban J connectivity index is 1.27. The highest BCUT2D eigenvalue weighted by Crippen LogP contribution is 2.34. The number of alkyl carbamates (subject to hydrolysis) is 1. The minimum Gasteiger partial charge on any atom is -0.445 e. The molecule has 2 fully saturated rings. The molecule has 2 saturated heterocycles. The van der Waals surface area contributed by atoms with Crippen LogP contribution in [-0.4, -0.2) is 84.0 Å². The van der Waals surface area contributed by atoms with E-state index in [1.54, 1.807) is 11.8 Å². The molecule has 8 nitrogen and oxygen atoms in total. The van der Waals surface area contributed by atoms with E-state index in [9.17, 15) is 14.4 Å². The first-order valence-corrected chi connectivity index (χ1v) is 15.7. The highest BCUT2D eigenvalue weighted by Gasteiger charge is 2.53. The van der Waals surface area contributed by atoms with Crippen LogP contribution in [0.2, 0.25) is 0 Å². The number of amides is 3. The van der Waals surface area contributed by atoms with Gasteiger partial charge in [-0.15, -0.1) is 0 Å². The second-order valence-corrected chi connectivity index (χ2v) is 11.6. The van der Waals surface area contributed by atoms with Crippen molar-refractivity contribution >= 4 is 29.7 Å². The summed E-state index contributed by atoms with van der Waals surface area (Å²) < 4.78 is 5.26. The average Bonchev–Trinajstić information content (AvgIpc) is 2.99. The van der Waals surface area contributed by atoms with Crippen LogP contribution in [0.15, 0.2) is 60.7 Å². The molecular formula is C31H42N4O4S. The van der Waals surface area contributed by atoms with Crippen molar-refractivity contribution in [3.63, 3.8) is 0 Å². The molecule has 1 spiro atoms. The molecule has 9 heteroatoms. The smallest absolute Gasteiger partial charge is 0.407 e. The van der Waals surface area contributed by atoms with Crippen LogP contribution in [0.3, 0.4) is 0 Å². The Labute approximate surface area is 242 Å². The third-order valence-corrected chi connectivity index (χ3v) is 8.63. The van der Waals surface area contributed by atoms with Gasteiger partial charge in [-0.1, -0.05) is 60.7 Å². The van der Waals surface area contributed by atoms with E-state index < -0.39 is 17.7 Å². The fourth-order valence-corrected chi connectivity index (χ4v) is 6.03. The zero-order chi connectivity index (χ0) is 28.2. The largest absolute Gasteiger partial charge is 0.445 e. The molecule has 40 heavy (non-hydrogen) atoms. The highest BCUT2D eigenvalue weighted by molar-refractivity contribution is 7.98. The number of rotatable bonds is 13. The summed E-state index contributed by atoms with van der Waals surface area (Å²) in [6.07, 6.45) is 5.76. The van der Waals surface area contributed by atoms with Crippen LogP contribution < -0.4 is 10.6 Å². The van der Waals surface area contributed by atoms with E-state index in [-0.39, 0.29) is 18.4 Å². The summed E-state index contributed by atoms with van der Waals surface area (Å²) in [5, 5.41) is 5.81. The van der Waals surface area contributed by atoms with Crippen LogP contribution in [-0.2, 0) is 27.4 Å². The molecule has 1 atom stereocenters. The van der Waals surface area contributed by atoms with Gasteiger partial charge < -0.3 is 25.2 Å². The molecule has 2 aliphatic rings. The molecule has 0 bridgehead atoms. The lowest BCUT2D eigenvalue weighted by Gasteiger charge is -2.51. The molecule has 0 saturated carbocycles. The standard InChI is InChI=1S/C31H42N4O4S/c1-40-23-9-19-35-28(36)27(14-8-18-32-30(38)39-24-26-12-6-3-7-13-26)33-29(37)31(35)16-21-34(22-17-31)20-15-25-10-4-2-5-11-25/h2-7,10-13,27H,8-9,14-24H2,1H3,(H,32,38)(H,33,37)/t27-/m0/s1. The van der Waals surface area contributed by atoms with Gasteiger partial charge in [-0.25, -0.2) is 4.79 Å². The highest BCUT2D eigenvalue weighted by atomic mass is 32.2. The number of nitrogens with zero attached hydrogens (tertiary/aromatic N) is 2. The number of benzene rings is 2. The van der Waals surface area contributed by atoms with E-state index in [1.807, 2.05) is 41.3 Å². The van der Waals surface area contributed by atoms with Crippen molar-refractivity contribution in [2.75, 3.05) is 44.7 Å². The first kappa shape index (κ1) is 29.9. The fourth-order valence-electron chi connectivity index (χ4n) is 5.61. The van der Waals surface area contributed by atoms with Gasteiger partial charge in [-0.3, -0.25) is 9.59 Å². The zero-order valence-corrected chi connectivity index (χ0v) is 24.3. The lowest BCUT2D eigenvalue weighted by Crippen LogP contribution is -2.73. The summed E-state index contributed by atoms with van der Waals surface area (Å²) in [5.41, 5.74) is 1.47. The van der Waals surface area contributed by atoms with Crippen molar-refractivity contribution in [1.29, 1.82) is 0 Å². The minimum absolute atomic E-state index is 0.00472. The predicted molar refractivity (Wildman–Crippen MR) is 159 cm³/mol. The molecule has 2 heterocycles. The molecule has 2 N–H and O–H groups in total. The van der Waals surface area contributed by atoms with E-state index in [4.69, 9.17) is 4.74 Å². The van der Waals surface area contributed by atoms with Crippen LogP contribution in [0.1, 0.15) is 43.2 Å². The second-order valence-electron chi connectivity index (χ2n) is 10.6. The van der Waals surface area contributed by atoms with Gasteiger partial charge in [0.2, 0.25) is 11.8 Å². The Bertz CT molecular complexity index is 1090. The minimum atomic E-state index is -0.769. The van der Waals surface area contributed by atoms with Gasteiger partial charge in [0.1, 0.15) is 18.2 Å². The van der Waals surface area contributed by atoms with E-state index >= 15 is 0 Å². The van der Waals surface area contributed by atoms with Gasteiger partial charge in [0, 0.05) is 32.7 Å². The number of piperidine rings is 1. The topological polar surface area (TPSA) is 91.0 Å².